The molecular formula is C22H25FN2O5. The van der Waals surface area contributed by atoms with Crippen molar-refractivity contribution in [2.75, 3.05) is 14.2 Å². The zero-order chi connectivity index (χ0) is 22.1. The molecule has 0 unspecified atom stereocenters. The topological polar surface area (TPSA) is 93.7 Å². The molecular weight excluding hydrogens is 391 g/mol. The van der Waals surface area contributed by atoms with Crippen molar-refractivity contribution in [2.45, 2.75) is 31.8 Å². The normalized spacial score (nSPS) is 12.4. The van der Waals surface area contributed by atoms with Crippen molar-refractivity contribution in [1.82, 2.24) is 10.6 Å². The van der Waals surface area contributed by atoms with Gasteiger partial charge in [-0.1, -0.05) is 30.3 Å². The van der Waals surface area contributed by atoms with Gasteiger partial charge in [0.15, 0.2) is 0 Å². The van der Waals surface area contributed by atoms with E-state index in [1.54, 1.807) is 37.4 Å². The standard InChI is InChI=1S/C22H25FN2O5/c1-14(26)24-19(13-16-6-4-5-7-18(16)23)21(27)25-20(22(28)30-3)12-15-8-10-17(29-2)11-9-15/h4-11,19-20H,12-13H2,1-3H3,(H,24,26)(H,25,27)/t19-,20-/m0/s1. The first-order valence-electron chi connectivity index (χ1n) is 9.35. The smallest absolute Gasteiger partial charge is 0.328 e. The van der Waals surface area contributed by atoms with Crippen LogP contribution in [0.1, 0.15) is 18.1 Å². The molecule has 0 bridgehead atoms. The van der Waals surface area contributed by atoms with Crippen molar-refractivity contribution < 1.29 is 28.2 Å². The van der Waals surface area contributed by atoms with Crippen molar-refractivity contribution in [1.29, 1.82) is 0 Å². The highest BCUT2D eigenvalue weighted by Crippen LogP contribution is 2.14. The predicted molar refractivity (Wildman–Crippen MR) is 108 cm³/mol. The lowest BCUT2D eigenvalue weighted by molar-refractivity contribution is -0.145. The molecule has 2 rings (SSSR count). The lowest BCUT2D eigenvalue weighted by atomic mass is 10.0. The first-order chi connectivity index (χ1) is 14.3. The number of esters is 1. The summed E-state index contributed by atoms with van der Waals surface area (Å²) in [5.74, 6) is -1.52. The molecule has 2 atom stereocenters. The Morgan fingerprint density at radius 2 is 1.60 bits per heavy atom. The van der Waals surface area contributed by atoms with Gasteiger partial charge in [0.2, 0.25) is 11.8 Å². The number of hydrogen-bond donors (Lipinski definition) is 2. The van der Waals surface area contributed by atoms with Crippen LogP contribution < -0.4 is 15.4 Å². The van der Waals surface area contributed by atoms with Crippen LogP contribution in [0.15, 0.2) is 48.5 Å². The van der Waals surface area contributed by atoms with Gasteiger partial charge in [0.05, 0.1) is 14.2 Å². The van der Waals surface area contributed by atoms with E-state index in [1.807, 2.05) is 0 Å². The SMILES string of the molecule is COC(=O)[C@H](Cc1ccc(OC)cc1)NC(=O)[C@H](Cc1ccccc1F)NC(C)=O. The second-order valence-electron chi connectivity index (χ2n) is 6.69. The number of methoxy groups -OCH3 is 2. The molecule has 0 saturated heterocycles. The maximum atomic E-state index is 14.0. The zero-order valence-corrected chi connectivity index (χ0v) is 17.1. The number of carbonyl (C=O) groups excluding carboxylic acids is 3. The summed E-state index contributed by atoms with van der Waals surface area (Å²) in [6, 6.07) is 11.0. The van der Waals surface area contributed by atoms with E-state index in [-0.39, 0.29) is 18.4 Å². The highest BCUT2D eigenvalue weighted by Gasteiger charge is 2.27. The van der Waals surface area contributed by atoms with E-state index in [0.717, 1.165) is 5.56 Å². The lowest BCUT2D eigenvalue weighted by Crippen LogP contribution is -2.53. The average molecular weight is 416 g/mol. The van der Waals surface area contributed by atoms with E-state index < -0.39 is 35.7 Å². The summed E-state index contributed by atoms with van der Waals surface area (Å²) in [5.41, 5.74) is 1.05. The Morgan fingerprint density at radius 1 is 0.933 bits per heavy atom. The van der Waals surface area contributed by atoms with Gasteiger partial charge < -0.3 is 20.1 Å². The van der Waals surface area contributed by atoms with Crippen LogP contribution in [0.4, 0.5) is 4.39 Å². The average Bonchev–Trinajstić information content (AvgIpc) is 2.73. The zero-order valence-electron chi connectivity index (χ0n) is 17.1. The second kappa shape index (κ2) is 10.9. The van der Waals surface area contributed by atoms with Gasteiger partial charge in [0.1, 0.15) is 23.7 Å². The van der Waals surface area contributed by atoms with E-state index in [9.17, 15) is 18.8 Å². The lowest BCUT2D eigenvalue weighted by Gasteiger charge is -2.22. The molecule has 0 heterocycles. The number of ether oxygens (including phenoxy) is 2. The predicted octanol–water partition coefficient (Wildman–Crippen LogP) is 1.78. The van der Waals surface area contributed by atoms with E-state index in [2.05, 4.69) is 10.6 Å². The first-order valence-corrected chi connectivity index (χ1v) is 9.35. The molecule has 7 nitrogen and oxygen atoms in total. The van der Waals surface area contributed by atoms with E-state index in [4.69, 9.17) is 9.47 Å². The fraction of sp³-hybridized carbons (Fsp3) is 0.318. The third-order valence-electron chi connectivity index (χ3n) is 4.48. The highest BCUT2D eigenvalue weighted by molar-refractivity contribution is 5.90. The maximum absolute atomic E-state index is 14.0. The molecule has 30 heavy (non-hydrogen) atoms. The fourth-order valence-corrected chi connectivity index (χ4v) is 2.94. The quantitative estimate of drug-likeness (QED) is 0.608. The number of nitrogens with one attached hydrogen (secondary N) is 2. The molecule has 2 amide bonds. The van der Waals surface area contributed by atoms with Crippen molar-refractivity contribution in [2.24, 2.45) is 0 Å². The summed E-state index contributed by atoms with van der Waals surface area (Å²) < 4.78 is 23.9. The van der Waals surface area contributed by atoms with E-state index >= 15 is 0 Å². The van der Waals surface area contributed by atoms with Gasteiger partial charge in [-0.25, -0.2) is 9.18 Å². The largest absolute Gasteiger partial charge is 0.497 e. The molecule has 8 heteroatoms. The molecule has 0 saturated carbocycles. The Balaban J connectivity index is 2.17. The van der Waals surface area contributed by atoms with Crippen molar-refractivity contribution in [3.63, 3.8) is 0 Å². The van der Waals surface area contributed by atoms with Gasteiger partial charge in [-0.05, 0) is 29.3 Å². The third kappa shape index (κ3) is 6.58. The van der Waals surface area contributed by atoms with Gasteiger partial charge in [0, 0.05) is 19.8 Å². The minimum Gasteiger partial charge on any atom is -0.497 e. The number of rotatable bonds is 9. The molecule has 2 aromatic carbocycles. The van der Waals surface area contributed by atoms with Crippen LogP contribution >= 0.6 is 0 Å². The Bertz CT molecular complexity index is 885. The minimum atomic E-state index is -1.05. The Hall–Kier alpha value is -3.42. The molecule has 0 aromatic heterocycles. The molecule has 0 spiro atoms. The molecule has 0 aliphatic rings. The van der Waals surface area contributed by atoms with Gasteiger partial charge in [0.25, 0.3) is 0 Å². The Labute approximate surface area is 174 Å². The van der Waals surface area contributed by atoms with Crippen LogP contribution in [0, 0.1) is 5.82 Å². The van der Waals surface area contributed by atoms with E-state index in [1.165, 1.54) is 32.2 Å². The summed E-state index contributed by atoms with van der Waals surface area (Å²) in [7, 11) is 2.77. The molecule has 2 aromatic rings. The monoisotopic (exact) mass is 416 g/mol. The summed E-state index contributed by atoms with van der Waals surface area (Å²) in [6.45, 7) is 1.26. The van der Waals surface area contributed by atoms with Crippen LogP contribution in [-0.2, 0) is 32.0 Å². The number of halogens is 1. The van der Waals surface area contributed by atoms with Gasteiger partial charge in [-0.2, -0.15) is 0 Å². The Morgan fingerprint density at radius 3 is 2.17 bits per heavy atom. The maximum Gasteiger partial charge on any atom is 0.328 e. The van der Waals surface area contributed by atoms with Crippen LogP contribution in [-0.4, -0.2) is 44.1 Å². The number of hydrogen-bond acceptors (Lipinski definition) is 5. The highest BCUT2D eigenvalue weighted by atomic mass is 19.1. The van der Waals surface area contributed by atoms with Crippen molar-refractivity contribution in [3.8, 4) is 5.75 Å². The van der Waals surface area contributed by atoms with Crippen LogP contribution in [0.3, 0.4) is 0 Å². The van der Waals surface area contributed by atoms with E-state index in [0.29, 0.717) is 5.75 Å². The third-order valence-corrected chi connectivity index (χ3v) is 4.48. The molecule has 2 N–H and O–H groups in total. The summed E-state index contributed by atoms with van der Waals surface area (Å²) in [5, 5.41) is 5.12. The number of amides is 2. The summed E-state index contributed by atoms with van der Waals surface area (Å²) >= 11 is 0. The Kier molecular flexibility index (Phi) is 8.34. The van der Waals surface area contributed by atoms with Gasteiger partial charge in [-0.3, -0.25) is 9.59 Å². The fourth-order valence-electron chi connectivity index (χ4n) is 2.94. The minimum absolute atomic E-state index is 0.0610. The number of benzene rings is 2. The van der Waals surface area contributed by atoms with Gasteiger partial charge >= 0.3 is 5.97 Å². The van der Waals surface area contributed by atoms with Crippen LogP contribution in [0.2, 0.25) is 0 Å². The van der Waals surface area contributed by atoms with Crippen LogP contribution in [0.25, 0.3) is 0 Å². The molecule has 160 valence electrons. The molecule has 0 aliphatic heterocycles. The number of carbonyl (C=O) groups is 3. The van der Waals surface area contributed by atoms with Crippen molar-refractivity contribution >= 4 is 17.8 Å². The summed E-state index contributed by atoms with van der Waals surface area (Å²) in [4.78, 5) is 36.6. The van der Waals surface area contributed by atoms with Crippen LogP contribution in [0.5, 0.6) is 5.75 Å². The molecule has 0 aliphatic carbocycles. The first kappa shape index (κ1) is 22.9. The second-order valence-corrected chi connectivity index (χ2v) is 6.69. The summed E-state index contributed by atoms with van der Waals surface area (Å²) in [6.07, 6.45) is 0.114. The molecule has 0 fully saturated rings. The van der Waals surface area contributed by atoms with Crippen molar-refractivity contribution in [3.05, 3.63) is 65.5 Å². The molecule has 0 radical (unpaired) electrons. The van der Waals surface area contributed by atoms with Gasteiger partial charge in [-0.15, -0.1) is 0 Å².